The Kier molecular flexibility index (Phi) is 3.18. The lowest BCUT2D eigenvalue weighted by Gasteiger charge is -2.13. The van der Waals surface area contributed by atoms with Crippen LogP contribution >= 0.6 is 11.3 Å². The summed E-state index contributed by atoms with van der Waals surface area (Å²) in [5.41, 5.74) is 1.78. The summed E-state index contributed by atoms with van der Waals surface area (Å²) in [5, 5.41) is 14.9. The Morgan fingerprint density at radius 3 is 3.06 bits per heavy atom. The molecule has 4 heteroatoms. The molecule has 2 aromatic rings. The lowest BCUT2D eigenvalue weighted by molar-refractivity contribution is 0.881. The van der Waals surface area contributed by atoms with Gasteiger partial charge in [0.2, 0.25) is 0 Å². The lowest BCUT2D eigenvalue weighted by atomic mass is 10.1. The molecule has 1 atom stereocenters. The van der Waals surface area contributed by atoms with E-state index in [1.807, 2.05) is 23.6 Å². The van der Waals surface area contributed by atoms with Crippen LogP contribution in [0.5, 0.6) is 0 Å². The second-order valence-electron chi connectivity index (χ2n) is 3.44. The highest BCUT2D eigenvalue weighted by molar-refractivity contribution is 7.13. The molecule has 0 saturated carbocycles. The molecule has 1 aromatic carbocycles. The molecule has 3 nitrogen and oxygen atoms in total. The number of rotatable bonds is 3. The van der Waals surface area contributed by atoms with E-state index in [4.69, 9.17) is 5.26 Å². The van der Waals surface area contributed by atoms with E-state index in [1.165, 1.54) is 0 Å². The summed E-state index contributed by atoms with van der Waals surface area (Å²) < 4.78 is 0. The molecule has 1 heterocycles. The zero-order chi connectivity index (χ0) is 11.4. The molecule has 16 heavy (non-hydrogen) atoms. The van der Waals surface area contributed by atoms with Crippen LogP contribution in [0.25, 0.3) is 0 Å². The number of aromatic nitrogens is 1. The number of hydrogen-bond acceptors (Lipinski definition) is 4. The first kappa shape index (κ1) is 10.7. The quantitative estimate of drug-likeness (QED) is 0.879. The third kappa shape index (κ3) is 2.38. The second-order valence-corrected chi connectivity index (χ2v) is 4.34. The van der Waals surface area contributed by atoms with Crippen LogP contribution in [0.15, 0.2) is 35.8 Å². The van der Waals surface area contributed by atoms with Crippen LogP contribution in [-0.4, -0.2) is 4.98 Å². The number of benzene rings is 1. The minimum absolute atomic E-state index is 0.152. The van der Waals surface area contributed by atoms with Crippen molar-refractivity contribution in [2.24, 2.45) is 0 Å². The third-order valence-electron chi connectivity index (χ3n) is 2.29. The summed E-state index contributed by atoms with van der Waals surface area (Å²) in [6.07, 6.45) is 1.77. The summed E-state index contributed by atoms with van der Waals surface area (Å²) in [7, 11) is 0. The molecule has 0 saturated heterocycles. The Morgan fingerprint density at radius 1 is 1.50 bits per heavy atom. The van der Waals surface area contributed by atoms with Gasteiger partial charge >= 0.3 is 0 Å². The third-order valence-corrected chi connectivity index (χ3v) is 2.99. The summed E-state index contributed by atoms with van der Waals surface area (Å²) in [4.78, 5) is 4.17. The number of thiazole rings is 1. The van der Waals surface area contributed by atoms with Crippen molar-refractivity contribution in [3.63, 3.8) is 0 Å². The van der Waals surface area contributed by atoms with Crippen molar-refractivity contribution < 1.29 is 0 Å². The van der Waals surface area contributed by atoms with E-state index in [1.54, 1.807) is 23.6 Å². The summed E-state index contributed by atoms with van der Waals surface area (Å²) >= 11 is 1.57. The van der Waals surface area contributed by atoms with E-state index in [0.717, 1.165) is 10.7 Å². The second kappa shape index (κ2) is 4.77. The maximum Gasteiger partial charge on any atom is 0.183 e. The zero-order valence-corrected chi connectivity index (χ0v) is 9.66. The van der Waals surface area contributed by atoms with Gasteiger partial charge in [-0.15, -0.1) is 11.3 Å². The van der Waals surface area contributed by atoms with Gasteiger partial charge in [-0.2, -0.15) is 5.26 Å². The minimum atomic E-state index is 0.152. The monoisotopic (exact) mass is 229 g/mol. The Labute approximate surface area is 98.4 Å². The van der Waals surface area contributed by atoms with Crippen LogP contribution in [0.2, 0.25) is 0 Å². The molecular formula is C12H11N3S. The fourth-order valence-corrected chi connectivity index (χ4v) is 2.06. The SMILES string of the molecule is CC(Nc1nccs1)c1cccc(C#N)c1. The van der Waals surface area contributed by atoms with Crippen LogP contribution in [0.1, 0.15) is 24.1 Å². The summed E-state index contributed by atoms with van der Waals surface area (Å²) in [5.74, 6) is 0. The maximum atomic E-state index is 8.82. The lowest BCUT2D eigenvalue weighted by Crippen LogP contribution is -2.06. The first-order chi connectivity index (χ1) is 7.79. The van der Waals surface area contributed by atoms with Gasteiger partial charge in [-0.25, -0.2) is 4.98 Å². The van der Waals surface area contributed by atoms with Crippen LogP contribution in [0.4, 0.5) is 5.13 Å². The van der Waals surface area contributed by atoms with Crippen LogP contribution < -0.4 is 5.32 Å². The van der Waals surface area contributed by atoms with E-state index < -0.39 is 0 Å². The van der Waals surface area contributed by atoms with Gasteiger partial charge in [-0.3, -0.25) is 0 Å². The van der Waals surface area contributed by atoms with Crippen molar-refractivity contribution in [2.45, 2.75) is 13.0 Å². The molecule has 1 aromatic heterocycles. The fourth-order valence-electron chi connectivity index (χ4n) is 1.44. The van der Waals surface area contributed by atoms with Gasteiger partial charge in [0, 0.05) is 11.6 Å². The Morgan fingerprint density at radius 2 is 2.38 bits per heavy atom. The smallest absolute Gasteiger partial charge is 0.183 e. The van der Waals surface area contributed by atoms with E-state index in [0.29, 0.717) is 5.56 Å². The molecule has 80 valence electrons. The Balaban J connectivity index is 2.15. The predicted molar refractivity (Wildman–Crippen MR) is 65.3 cm³/mol. The van der Waals surface area contributed by atoms with E-state index in [-0.39, 0.29) is 6.04 Å². The number of nitrogens with one attached hydrogen (secondary N) is 1. The molecule has 2 rings (SSSR count). The highest BCUT2D eigenvalue weighted by atomic mass is 32.1. The average Bonchev–Trinajstić information content (AvgIpc) is 2.82. The van der Waals surface area contributed by atoms with Crippen LogP contribution in [-0.2, 0) is 0 Å². The van der Waals surface area contributed by atoms with Crippen LogP contribution in [0.3, 0.4) is 0 Å². The van der Waals surface area contributed by atoms with Gasteiger partial charge in [0.05, 0.1) is 17.7 Å². The van der Waals surface area contributed by atoms with Crippen molar-refractivity contribution in [3.05, 3.63) is 47.0 Å². The van der Waals surface area contributed by atoms with Crippen molar-refractivity contribution in [2.75, 3.05) is 5.32 Å². The largest absolute Gasteiger partial charge is 0.355 e. The number of nitriles is 1. The number of hydrogen-bond donors (Lipinski definition) is 1. The fraction of sp³-hybridized carbons (Fsp3) is 0.167. The van der Waals surface area contributed by atoms with Crippen molar-refractivity contribution >= 4 is 16.5 Å². The van der Waals surface area contributed by atoms with Crippen molar-refractivity contribution in [1.29, 1.82) is 5.26 Å². The predicted octanol–water partition coefficient (Wildman–Crippen LogP) is 3.19. The first-order valence-corrected chi connectivity index (χ1v) is 5.83. The molecular weight excluding hydrogens is 218 g/mol. The van der Waals surface area contributed by atoms with Gasteiger partial charge < -0.3 is 5.32 Å². The van der Waals surface area contributed by atoms with Gasteiger partial charge in [-0.05, 0) is 24.6 Å². The molecule has 0 amide bonds. The Bertz CT molecular complexity index is 499. The van der Waals surface area contributed by atoms with Gasteiger partial charge in [0.15, 0.2) is 5.13 Å². The molecule has 0 spiro atoms. The first-order valence-electron chi connectivity index (χ1n) is 4.95. The molecule has 0 aliphatic heterocycles. The number of nitrogens with zero attached hydrogens (tertiary/aromatic N) is 2. The standard InChI is InChI=1S/C12H11N3S/c1-9(15-12-14-5-6-16-12)11-4-2-3-10(7-11)8-13/h2-7,9H,1H3,(H,14,15). The van der Waals surface area contributed by atoms with Gasteiger partial charge in [-0.1, -0.05) is 12.1 Å². The Hall–Kier alpha value is -1.86. The molecule has 0 aliphatic rings. The molecule has 1 unspecified atom stereocenters. The topological polar surface area (TPSA) is 48.7 Å². The van der Waals surface area contributed by atoms with E-state index >= 15 is 0 Å². The molecule has 0 aliphatic carbocycles. The summed E-state index contributed by atoms with van der Waals surface area (Å²) in [6.45, 7) is 2.05. The van der Waals surface area contributed by atoms with Crippen LogP contribution in [0, 0.1) is 11.3 Å². The molecule has 0 bridgehead atoms. The molecule has 0 fully saturated rings. The highest BCUT2D eigenvalue weighted by Crippen LogP contribution is 2.21. The summed E-state index contributed by atoms with van der Waals surface area (Å²) in [6, 6.07) is 9.89. The number of anilines is 1. The maximum absolute atomic E-state index is 8.82. The average molecular weight is 229 g/mol. The van der Waals surface area contributed by atoms with Gasteiger partial charge in [0.1, 0.15) is 0 Å². The van der Waals surface area contributed by atoms with Crippen molar-refractivity contribution in [3.8, 4) is 6.07 Å². The van der Waals surface area contributed by atoms with E-state index in [2.05, 4.69) is 23.3 Å². The minimum Gasteiger partial charge on any atom is -0.355 e. The zero-order valence-electron chi connectivity index (χ0n) is 8.84. The van der Waals surface area contributed by atoms with Crippen molar-refractivity contribution in [1.82, 2.24) is 4.98 Å². The normalized spacial score (nSPS) is 11.8. The highest BCUT2D eigenvalue weighted by Gasteiger charge is 2.06. The molecule has 1 N–H and O–H groups in total. The molecule has 0 radical (unpaired) electrons. The van der Waals surface area contributed by atoms with E-state index in [9.17, 15) is 0 Å². The van der Waals surface area contributed by atoms with Gasteiger partial charge in [0.25, 0.3) is 0 Å².